The number of hydrogen-bond donors (Lipinski definition) is 0. The van der Waals surface area contributed by atoms with Gasteiger partial charge in [0, 0.05) is 50.8 Å². The molecule has 2 aromatic carbocycles. The van der Waals surface area contributed by atoms with Crippen molar-refractivity contribution in [2.24, 2.45) is 0 Å². The van der Waals surface area contributed by atoms with E-state index in [1.165, 1.54) is 12.1 Å². The Balaban J connectivity index is 1.43. The van der Waals surface area contributed by atoms with E-state index < -0.39 is 0 Å². The Morgan fingerprint density at radius 1 is 1.21 bits per heavy atom. The lowest BCUT2D eigenvalue weighted by Crippen LogP contribution is -2.55. The molecule has 2 aromatic rings. The fourth-order valence-electron chi connectivity index (χ4n) is 4.87. The molecule has 2 heterocycles. The van der Waals surface area contributed by atoms with E-state index in [1.807, 2.05) is 18.7 Å². The van der Waals surface area contributed by atoms with Gasteiger partial charge in [-0.1, -0.05) is 18.2 Å². The molecule has 34 heavy (non-hydrogen) atoms. The lowest BCUT2D eigenvalue weighted by Gasteiger charge is -2.41. The molecule has 2 aliphatic rings. The molecule has 0 spiro atoms. The normalized spacial score (nSPS) is 20.8. The van der Waals surface area contributed by atoms with Crippen molar-refractivity contribution in [3.05, 3.63) is 75.9 Å². The number of Topliss-reactive ketones (excluding diaryl/α,β-unsaturated/α-hetero) is 1. The number of piperazine rings is 1. The zero-order chi connectivity index (χ0) is 24.2. The minimum Gasteiger partial charge on any atom is -0.368 e. The number of nitrogens with zero attached hydrogens (tertiary/aromatic N) is 3. The summed E-state index contributed by atoms with van der Waals surface area (Å²) in [6.07, 6.45) is 1.49. The van der Waals surface area contributed by atoms with Crippen molar-refractivity contribution in [3.8, 4) is 0 Å². The topological polar surface area (TPSA) is 54.2 Å². The first kappa shape index (κ1) is 24.1. The lowest BCUT2D eigenvalue weighted by molar-refractivity contribution is -0.145. The SMILES string of the molecule is [C-]#[N+]c1cccc(C(=O)Cc2cc(F)cc(CN3CCN(C(=O)[C@@H]4CCCO4)[C@@H](C)C3)c2C)c1. The Bertz CT molecular complexity index is 1120. The highest BCUT2D eigenvalue weighted by molar-refractivity contribution is 5.98. The van der Waals surface area contributed by atoms with Crippen molar-refractivity contribution < 1.29 is 18.7 Å². The minimum atomic E-state index is -0.362. The Hall–Kier alpha value is -3.08. The van der Waals surface area contributed by atoms with Crippen molar-refractivity contribution in [2.45, 2.75) is 51.8 Å². The molecule has 2 atom stereocenters. The first-order valence-electron chi connectivity index (χ1n) is 11.8. The second kappa shape index (κ2) is 10.5. The van der Waals surface area contributed by atoms with E-state index in [0.29, 0.717) is 49.6 Å². The first-order chi connectivity index (χ1) is 16.4. The van der Waals surface area contributed by atoms with Gasteiger partial charge in [0.15, 0.2) is 11.5 Å². The second-order valence-corrected chi connectivity index (χ2v) is 9.23. The van der Waals surface area contributed by atoms with E-state index in [1.54, 1.807) is 24.3 Å². The van der Waals surface area contributed by atoms with Gasteiger partial charge in [-0.25, -0.2) is 9.24 Å². The van der Waals surface area contributed by atoms with Gasteiger partial charge >= 0.3 is 0 Å². The monoisotopic (exact) mass is 463 g/mol. The van der Waals surface area contributed by atoms with Crippen LogP contribution in [0.5, 0.6) is 0 Å². The smallest absolute Gasteiger partial charge is 0.252 e. The van der Waals surface area contributed by atoms with Crippen LogP contribution in [-0.2, 0) is 22.5 Å². The standard InChI is InChI=1S/C27H30FN3O3/c1-18-16-30(9-10-31(18)27(33)26-8-5-11-34-26)17-22-13-23(28)12-21(19(22)2)15-25(32)20-6-4-7-24(14-20)29-3/h4,6-7,12-14,18,26H,5,8-11,15-17H2,1-2H3/t18-,26-/m0/s1. The van der Waals surface area contributed by atoms with E-state index in [-0.39, 0.29) is 36.1 Å². The summed E-state index contributed by atoms with van der Waals surface area (Å²) in [5, 5.41) is 0. The van der Waals surface area contributed by atoms with Crippen molar-refractivity contribution >= 4 is 17.4 Å². The zero-order valence-corrected chi connectivity index (χ0v) is 19.7. The average Bonchev–Trinajstić information content (AvgIpc) is 3.37. The van der Waals surface area contributed by atoms with Crippen LogP contribution >= 0.6 is 0 Å². The highest BCUT2D eigenvalue weighted by Crippen LogP contribution is 2.24. The number of hydrogen-bond acceptors (Lipinski definition) is 4. The summed E-state index contributed by atoms with van der Waals surface area (Å²) in [5.74, 6) is -0.423. The summed E-state index contributed by atoms with van der Waals surface area (Å²) in [7, 11) is 0. The van der Waals surface area contributed by atoms with Gasteiger partial charge in [0.05, 0.1) is 6.57 Å². The van der Waals surface area contributed by atoms with Crippen LogP contribution < -0.4 is 0 Å². The first-order valence-corrected chi connectivity index (χ1v) is 11.8. The van der Waals surface area contributed by atoms with Gasteiger partial charge in [-0.2, -0.15) is 0 Å². The van der Waals surface area contributed by atoms with Gasteiger partial charge in [0.25, 0.3) is 5.91 Å². The summed E-state index contributed by atoms with van der Waals surface area (Å²) in [4.78, 5) is 33.1. The van der Waals surface area contributed by atoms with Gasteiger partial charge in [0.1, 0.15) is 11.9 Å². The summed E-state index contributed by atoms with van der Waals surface area (Å²) in [5.41, 5.74) is 3.28. The molecular formula is C27H30FN3O3. The number of amides is 1. The number of carbonyl (C=O) groups excluding carboxylic acids is 2. The van der Waals surface area contributed by atoms with Crippen LogP contribution in [0.15, 0.2) is 36.4 Å². The minimum absolute atomic E-state index is 0.0510. The Morgan fingerprint density at radius 3 is 2.71 bits per heavy atom. The van der Waals surface area contributed by atoms with Crippen LogP contribution in [0.3, 0.4) is 0 Å². The fraction of sp³-hybridized carbons (Fsp3) is 0.444. The van der Waals surface area contributed by atoms with Crippen LogP contribution in [0.1, 0.15) is 46.8 Å². The van der Waals surface area contributed by atoms with Crippen LogP contribution in [0, 0.1) is 19.3 Å². The van der Waals surface area contributed by atoms with Crippen LogP contribution in [0.25, 0.3) is 4.85 Å². The average molecular weight is 464 g/mol. The molecule has 2 fully saturated rings. The van der Waals surface area contributed by atoms with Crippen molar-refractivity contribution in [1.29, 1.82) is 0 Å². The van der Waals surface area contributed by atoms with E-state index >= 15 is 0 Å². The molecule has 6 nitrogen and oxygen atoms in total. The lowest BCUT2D eigenvalue weighted by atomic mass is 9.95. The van der Waals surface area contributed by atoms with Gasteiger partial charge in [0.2, 0.25) is 0 Å². The van der Waals surface area contributed by atoms with Gasteiger partial charge in [-0.05, 0) is 61.6 Å². The molecule has 0 bridgehead atoms. The molecule has 2 saturated heterocycles. The number of ether oxygens (including phenoxy) is 1. The molecule has 0 unspecified atom stereocenters. The van der Waals surface area contributed by atoms with Crippen molar-refractivity contribution in [2.75, 3.05) is 26.2 Å². The number of benzene rings is 2. The Morgan fingerprint density at radius 2 is 2.00 bits per heavy atom. The maximum Gasteiger partial charge on any atom is 0.252 e. The predicted molar refractivity (Wildman–Crippen MR) is 127 cm³/mol. The molecule has 4 rings (SSSR count). The predicted octanol–water partition coefficient (Wildman–Crippen LogP) is 4.32. The van der Waals surface area contributed by atoms with Gasteiger partial charge < -0.3 is 9.64 Å². The van der Waals surface area contributed by atoms with Crippen LogP contribution in [-0.4, -0.2) is 59.9 Å². The Labute approximate surface area is 200 Å². The summed E-state index contributed by atoms with van der Waals surface area (Å²) in [6, 6.07) is 9.62. The molecule has 0 radical (unpaired) electrons. The second-order valence-electron chi connectivity index (χ2n) is 9.23. The molecule has 0 saturated carbocycles. The maximum absolute atomic E-state index is 14.5. The molecule has 178 valence electrons. The zero-order valence-electron chi connectivity index (χ0n) is 19.7. The van der Waals surface area contributed by atoms with Crippen LogP contribution in [0.4, 0.5) is 10.1 Å². The fourth-order valence-corrected chi connectivity index (χ4v) is 4.87. The number of carbonyl (C=O) groups is 2. The molecule has 7 heteroatoms. The molecule has 0 aliphatic carbocycles. The van der Waals surface area contributed by atoms with Crippen molar-refractivity contribution in [3.63, 3.8) is 0 Å². The molecule has 0 N–H and O–H groups in total. The third-order valence-corrected chi connectivity index (χ3v) is 6.83. The molecular weight excluding hydrogens is 433 g/mol. The maximum atomic E-state index is 14.5. The number of halogens is 1. The molecule has 1 amide bonds. The largest absolute Gasteiger partial charge is 0.368 e. The third kappa shape index (κ3) is 5.35. The molecule has 2 aliphatic heterocycles. The summed E-state index contributed by atoms with van der Waals surface area (Å²) >= 11 is 0. The highest BCUT2D eigenvalue weighted by atomic mass is 19.1. The van der Waals surface area contributed by atoms with Crippen molar-refractivity contribution in [1.82, 2.24) is 9.80 Å². The highest BCUT2D eigenvalue weighted by Gasteiger charge is 2.34. The summed E-state index contributed by atoms with van der Waals surface area (Å²) < 4.78 is 20.1. The van der Waals surface area contributed by atoms with Crippen LogP contribution in [0.2, 0.25) is 0 Å². The van der Waals surface area contributed by atoms with Gasteiger partial charge in [-0.15, -0.1) is 0 Å². The quantitative estimate of drug-likeness (QED) is 0.473. The number of ketones is 1. The number of rotatable bonds is 6. The third-order valence-electron chi connectivity index (χ3n) is 6.83. The van der Waals surface area contributed by atoms with E-state index in [2.05, 4.69) is 9.74 Å². The van der Waals surface area contributed by atoms with E-state index in [4.69, 9.17) is 11.3 Å². The summed E-state index contributed by atoms with van der Waals surface area (Å²) in [6.45, 7) is 14.3. The van der Waals surface area contributed by atoms with E-state index in [9.17, 15) is 14.0 Å². The Kier molecular flexibility index (Phi) is 7.40. The van der Waals surface area contributed by atoms with Gasteiger partial charge in [-0.3, -0.25) is 14.5 Å². The van der Waals surface area contributed by atoms with E-state index in [0.717, 1.165) is 24.0 Å². The molecule has 0 aromatic heterocycles.